The van der Waals surface area contributed by atoms with E-state index in [2.05, 4.69) is 20.6 Å². The van der Waals surface area contributed by atoms with E-state index in [1.54, 1.807) is 25.3 Å². The number of aryl methyl sites for hydroxylation is 1. The van der Waals surface area contributed by atoms with E-state index in [0.29, 0.717) is 28.0 Å². The fraction of sp³-hybridized carbons (Fsp3) is 0.318. The van der Waals surface area contributed by atoms with Gasteiger partial charge in [-0.05, 0) is 55.3 Å². The van der Waals surface area contributed by atoms with Gasteiger partial charge in [-0.1, -0.05) is 36.2 Å². The summed E-state index contributed by atoms with van der Waals surface area (Å²) in [5.74, 6) is 1.01. The van der Waals surface area contributed by atoms with Crippen molar-refractivity contribution in [2.75, 3.05) is 0 Å². The van der Waals surface area contributed by atoms with Gasteiger partial charge in [-0.3, -0.25) is 9.79 Å². The third kappa shape index (κ3) is 6.87. The van der Waals surface area contributed by atoms with Crippen LogP contribution in [-0.2, 0) is 24.9 Å². The van der Waals surface area contributed by atoms with Crippen molar-refractivity contribution >= 4 is 34.8 Å². The lowest BCUT2D eigenvalue weighted by molar-refractivity contribution is -0.114. The summed E-state index contributed by atoms with van der Waals surface area (Å²) in [5, 5.41) is 7.20. The fourth-order valence-corrected chi connectivity index (χ4v) is 2.97. The molecule has 0 spiro atoms. The number of rotatable bonds is 9. The van der Waals surface area contributed by atoms with Crippen LogP contribution in [0.15, 0.2) is 58.8 Å². The number of nitrogens with two attached hydrogens (primary N) is 1. The van der Waals surface area contributed by atoms with E-state index in [-0.39, 0.29) is 18.2 Å². The van der Waals surface area contributed by atoms with Crippen molar-refractivity contribution in [3.05, 3.63) is 75.2 Å². The molecule has 0 saturated carbocycles. The third-order valence-corrected chi connectivity index (χ3v) is 5.53. The molecule has 0 aliphatic heterocycles. The lowest BCUT2D eigenvalue weighted by Gasteiger charge is -2.17. The highest BCUT2D eigenvalue weighted by Gasteiger charge is 2.16. The topological polar surface area (TPSA) is 97.3 Å². The number of hydrogen-bond acceptors (Lipinski definition) is 5. The normalized spacial score (nSPS) is 13.1. The number of carbonyl (C=O) groups excluding carboxylic acids is 1. The predicted octanol–water partition coefficient (Wildman–Crippen LogP) is 4.08. The molecule has 0 unspecified atom stereocenters. The standard InChI is InChI=1S/C22H28Cl2N6O/c1-5-14(2)21(28-12-16-6-7-17(23)18(24)10-16)29-22(31)20(15(3)11-25)27-13-19-26-8-9-30(19)4/h6-11,28H,5,12-13,25H2,1-4H3,(H,29,31)/b15-11?,21-14-,27-20?. The van der Waals surface area contributed by atoms with Crippen molar-refractivity contribution < 1.29 is 4.79 Å². The molecule has 31 heavy (non-hydrogen) atoms. The van der Waals surface area contributed by atoms with Gasteiger partial charge in [0.05, 0.1) is 16.6 Å². The summed E-state index contributed by atoms with van der Waals surface area (Å²) in [5.41, 5.74) is 8.43. The van der Waals surface area contributed by atoms with Crippen LogP contribution in [0.5, 0.6) is 0 Å². The summed E-state index contributed by atoms with van der Waals surface area (Å²) < 4.78 is 1.85. The highest BCUT2D eigenvalue weighted by Crippen LogP contribution is 2.22. The number of hydrogen-bond donors (Lipinski definition) is 3. The summed E-state index contributed by atoms with van der Waals surface area (Å²) in [7, 11) is 1.88. The van der Waals surface area contributed by atoms with Crippen LogP contribution < -0.4 is 16.4 Å². The van der Waals surface area contributed by atoms with Gasteiger partial charge in [-0.15, -0.1) is 0 Å². The first-order chi connectivity index (χ1) is 14.8. The number of nitrogens with zero attached hydrogens (tertiary/aromatic N) is 3. The van der Waals surface area contributed by atoms with Gasteiger partial charge >= 0.3 is 0 Å². The van der Waals surface area contributed by atoms with Crippen LogP contribution in [-0.4, -0.2) is 21.2 Å². The van der Waals surface area contributed by atoms with Crippen molar-refractivity contribution in [2.45, 2.75) is 40.3 Å². The molecule has 0 bridgehead atoms. The Balaban J connectivity index is 2.19. The second-order valence-corrected chi connectivity index (χ2v) is 7.85. The molecule has 4 N–H and O–H groups in total. The fourth-order valence-electron chi connectivity index (χ4n) is 2.64. The van der Waals surface area contributed by atoms with Gasteiger partial charge in [0.25, 0.3) is 5.91 Å². The Kier molecular flexibility index (Phi) is 9.15. The van der Waals surface area contributed by atoms with Crippen LogP contribution in [0.3, 0.4) is 0 Å². The van der Waals surface area contributed by atoms with E-state index < -0.39 is 0 Å². The number of amides is 1. The molecule has 7 nitrogen and oxygen atoms in total. The Bertz CT molecular complexity index is 1020. The smallest absolute Gasteiger partial charge is 0.275 e. The van der Waals surface area contributed by atoms with Crippen LogP contribution in [0, 0.1) is 0 Å². The number of imidazole rings is 1. The first kappa shape index (κ1) is 24.5. The van der Waals surface area contributed by atoms with E-state index >= 15 is 0 Å². The van der Waals surface area contributed by atoms with Crippen molar-refractivity contribution in [1.29, 1.82) is 0 Å². The summed E-state index contributed by atoms with van der Waals surface area (Å²) in [6.07, 6.45) is 5.65. The molecule has 1 aromatic heterocycles. The molecule has 0 atom stereocenters. The molecule has 0 saturated heterocycles. The molecule has 1 heterocycles. The maximum absolute atomic E-state index is 13.1. The van der Waals surface area contributed by atoms with Gasteiger partial charge < -0.3 is 20.9 Å². The average molecular weight is 463 g/mol. The van der Waals surface area contributed by atoms with Gasteiger partial charge in [0.1, 0.15) is 17.4 Å². The zero-order chi connectivity index (χ0) is 23.0. The highest BCUT2D eigenvalue weighted by molar-refractivity contribution is 6.45. The highest BCUT2D eigenvalue weighted by atomic mass is 35.5. The second kappa shape index (κ2) is 11.6. The number of nitrogens with one attached hydrogen (secondary N) is 2. The molecule has 9 heteroatoms. The summed E-state index contributed by atoms with van der Waals surface area (Å²) in [6, 6.07) is 5.41. The minimum absolute atomic E-state index is 0.253. The van der Waals surface area contributed by atoms with Crippen molar-refractivity contribution in [3.8, 4) is 0 Å². The first-order valence-corrected chi connectivity index (χ1v) is 10.6. The van der Waals surface area contributed by atoms with Gasteiger partial charge in [0.2, 0.25) is 0 Å². The Labute approximate surface area is 193 Å². The molecule has 2 aromatic rings. The molecule has 1 aromatic carbocycles. The minimum atomic E-state index is -0.349. The summed E-state index contributed by atoms with van der Waals surface area (Å²) in [6.45, 7) is 6.45. The predicted molar refractivity (Wildman–Crippen MR) is 127 cm³/mol. The summed E-state index contributed by atoms with van der Waals surface area (Å²) in [4.78, 5) is 21.8. The van der Waals surface area contributed by atoms with Crippen LogP contribution in [0.4, 0.5) is 0 Å². The Morgan fingerprint density at radius 3 is 2.61 bits per heavy atom. The van der Waals surface area contributed by atoms with Gasteiger partial charge in [0.15, 0.2) is 0 Å². The molecular formula is C22H28Cl2N6O. The lowest BCUT2D eigenvalue weighted by atomic mass is 10.1. The zero-order valence-corrected chi connectivity index (χ0v) is 19.7. The number of aromatic nitrogens is 2. The van der Waals surface area contributed by atoms with Crippen molar-refractivity contribution in [3.63, 3.8) is 0 Å². The quantitative estimate of drug-likeness (QED) is 0.489. The van der Waals surface area contributed by atoms with Gasteiger partial charge in [-0.25, -0.2) is 4.98 Å². The lowest BCUT2D eigenvalue weighted by Crippen LogP contribution is -2.37. The molecular weight excluding hydrogens is 435 g/mol. The van der Waals surface area contributed by atoms with Crippen molar-refractivity contribution in [1.82, 2.24) is 20.2 Å². The first-order valence-electron chi connectivity index (χ1n) is 9.85. The molecule has 0 aliphatic carbocycles. The van der Waals surface area contributed by atoms with Crippen LogP contribution >= 0.6 is 23.2 Å². The minimum Gasteiger partial charge on any atom is -0.404 e. The molecule has 2 rings (SSSR count). The largest absolute Gasteiger partial charge is 0.404 e. The van der Waals surface area contributed by atoms with E-state index in [4.69, 9.17) is 28.9 Å². The maximum atomic E-state index is 13.1. The van der Waals surface area contributed by atoms with Gasteiger partial charge in [0, 0.05) is 26.0 Å². The molecule has 1 amide bonds. The number of allylic oxidation sites excluding steroid dienone is 1. The maximum Gasteiger partial charge on any atom is 0.275 e. The molecule has 0 radical (unpaired) electrons. The van der Waals surface area contributed by atoms with E-state index in [9.17, 15) is 4.79 Å². The van der Waals surface area contributed by atoms with E-state index in [1.807, 2.05) is 37.7 Å². The third-order valence-electron chi connectivity index (χ3n) is 4.79. The molecule has 166 valence electrons. The second-order valence-electron chi connectivity index (χ2n) is 7.03. The number of benzene rings is 1. The van der Waals surface area contributed by atoms with Crippen LogP contribution in [0.1, 0.15) is 38.6 Å². The average Bonchev–Trinajstić information content (AvgIpc) is 3.17. The Hall–Kier alpha value is -2.77. The molecule has 0 aliphatic rings. The summed E-state index contributed by atoms with van der Waals surface area (Å²) >= 11 is 12.1. The number of aliphatic imine (C=N–C) groups is 1. The SMILES string of the molecule is CC/C(C)=C(/NCc1ccc(Cl)c(Cl)c1)NC(=O)C(=NCc1nccn1C)C(C)=CN. The monoisotopic (exact) mass is 462 g/mol. The van der Waals surface area contributed by atoms with Crippen molar-refractivity contribution in [2.24, 2.45) is 17.8 Å². The van der Waals surface area contributed by atoms with Crippen LogP contribution in [0.2, 0.25) is 10.0 Å². The molecule has 0 fully saturated rings. The van der Waals surface area contributed by atoms with Gasteiger partial charge in [-0.2, -0.15) is 0 Å². The number of halogens is 2. The van der Waals surface area contributed by atoms with Crippen LogP contribution in [0.25, 0.3) is 0 Å². The van der Waals surface area contributed by atoms with E-state index in [0.717, 1.165) is 23.4 Å². The Morgan fingerprint density at radius 2 is 2.03 bits per heavy atom. The Morgan fingerprint density at radius 1 is 1.29 bits per heavy atom. The zero-order valence-electron chi connectivity index (χ0n) is 18.2. The number of carbonyl (C=O) groups is 1. The van der Waals surface area contributed by atoms with E-state index in [1.165, 1.54) is 6.20 Å².